The predicted molar refractivity (Wildman–Crippen MR) is 36.2 cm³/mol. The van der Waals surface area contributed by atoms with Crippen LogP contribution < -0.4 is 5.73 Å². The van der Waals surface area contributed by atoms with Crippen LogP contribution in [0.15, 0.2) is 0 Å². The molecule has 1 nitrogen and oxygen atoms in total. The van der Waals surface area contributed by atoms with E-state index in [9.17, 15) is 13.2 Å². The van der Waals surface area contributed by atoms with Crippen molar-refractivity contribution < 1.29 is 13.2 Å². The maximum atomic E-state index is 13.2. The molecular weight excluding hydrogens is 155 g/mol. The first-order chi connectivity index (χ1) is 4.92. The van der Waals surface area contributed by atoms with E-state index in [0.29, 0.717) is 12.8 Å². The molecule has 0 aromatic rings. The zero-order chi connectivity index (χ0) is 8.70. The predicted octanol–water partition coefficient (Wildman–Crippen LogP) is 1.72. The highest BCUT2D eigenvalue weighted by atomic mass is 19.3. The molecule has 0 aliphatic heterocycles. The second kappa shape index (κ2) is 2.37. The maximum absolute atomic E-state index is 13.2. The summed E-state index contributed by atoms with van der Waals surface area (Å²) >= 11 is 0. The standard InChI is InChI=1S/C7H12F3N/c1-6(8,5-2-3-5)7(9,10)4-11/h5H,2-4,11H2,1H3. The lowest BCUT2D eigenvalue weighted by Crippen LogP contribution is -2.48. The average Bonchev–Trinajstić information content (AvgIpc) is 2.68. The van der Waals surface area contributed by atoms with Gasteiger partial charge in [0.05, 0.1) is 6.54 Å². The highest BCUT2D eigenvalue weighted by Gasteiger charge is 2.58. The van der Waals surface area contributed by atoms with Gasteiger partial charge in [0.1, 0.15) is 0 Å². The van der Waals surface area contributed by atoms with Crippen LogP contribution in [-0.4, -0.2) is 18.1 Å². The van der Waals surface area contributed by atoms with E-state index in [2.05, 4.69) is 0 Å². The number of hydrogen-bond donors (Lipinski definition) is 1. The molecule has 0 bridgehead atoms. The van der Waals surface area contributed by atoms with Crippen molar-refractivity contribution in [1.82, 2.24) is 0 Å². The Morgan fingerprint density at radius 3 is 2.09 bits per heavy atom. The van der Waals surface area contributed by atoms with Crippen molar-refractivity contribution in [3.8, 4) is 0 Å². The molecule has 2 N–H and O–H groups in total. The van der Waals surface area contributed by atoms with Gasteiger partial charge in [-0.15, -0.1) is 0 Å². The molecule has 1 unspecified atom stereocenters. The Balaban J connectivity index is 2.68. The molecule has 0 aromatic carbocycles. The molecule has 66 valence electrons. The number of rotatable bonds is 3. The van der Waals surface area contributed by atoms with Crippen LogP contribution in [0.1, 0.15) is 19.8 Å². The molecule has 1 fully saturated rings. The minimum Gasteiger partial charge on any atom is -0.325 e. The molecule has 0 aromatic heterocycles. The molecule has 11 heavy (non-hydrogen) atoms. The van der Waals surface area contributed by atoms with E-state index >= 15 is 0 Å². The van der Waals surface area contributed by atoms with Crippen molar-refractivity contribution in [3.63, 3.8) is 0 Å². The summed E-state index contributed by atoms with van der Waals surface area (Å²) < 4.78 is 38.7. The van der Waals surface area contributed by atoms with Gasteiger partial charge in [0.2, 0.25) is 0 Å². The molecule has 1 saturated carbocycles. The van der Waals surface area contributed by atoms with Gasteiger partial charge in [-0.05, 0) is 25.7 Å². The van der Waals surface area contributed by atoms with Crippen LogP contribution in [0.5, 0.6) is 0 Å². The highest BCUT2D eigenvalue weighted by molar-refractivity contribution is 5.01. The van der Waals surface area contributed by atoms with Crippen LogP contribution in [0, 0.1) is 5.92 Å². The lowest BCUT2D eigenvalue weighted by atomic mass is 9.94. The number of nitrogens with two attached hydrogens (primary N) is 1. The fourth-order valence-electron chi connectivity index (χ4n) is 1.12. The molecule has 1 rings (SSSR count). The van der Waals surface area contributed by atoms with Crippen molar-refractivity contribution in [2.75, 3.05) is 6.54 Å². The van der Waals surface area contributed by atoms with Gasteiger partial charge in [-0.2, -0.15) is 0 Å². The zero-order valence-corrected chi connectivity index (χ0v) is 6.41. The maximum Gasteiger partial charge on any atom is 0.293 e. The zero-order valence-electron chi connectivity index (χ0n) is 6.41. The molecule has 0 heterocycles. The largest absolute Gasteiger partial charge is 0.325 e. The van der Waals surface area contributed by atoms with E-state index < -0.39 is 24.1 Å². The van der Waals surface area contributed by atoms with Gasteiger partial charge in [-0.3, -0.25) is 0 Å². The van der Waals surface area contributed by atoms with Gasteiger partial charge in [0.25, 0.3) is 5.92 Å². The molecule has 1 atom stereocenters. The molecule has 1 aliphatic carbocycles. The first-order valence-electron chi connectivity index (χ1n) is 3.68. The molecule has 0 radical (unpaired) electrons. The quantitative estimate of drug-likeness (QED) is 0.680. The fourth-order valence-corrected chi connectivity index (χ4v) is 1.12. The Morgan fingerprint density at radius 1 is 1.36 bits per heavy atom. The smallest absolute Gasteiger partial charge is 0.293 e. The SMILES string of the molecule is CC(F)(C1CC1)C(F)(F)CN. The number of alkyl halides is 3. The Morgan fingerprint density at radius 2 is 1.82 bits per heavy atom. The second-order valence-electron chi connectivity index (χ2n) is 3.26. The topological polar surface area (TPSA) is 26.0 Å². The Labute approximate surface area is 63.8 Å². The summed E-state index contributed by atoms with van der Waals surface area (Å²) in [4.78, 5) is 0. The lowest BCUT2D eigenvalue weighted by molar-refractivity contribution is -0.131. The van der Waals surface area contributed by atoms with Crippen molar-refractivity contribution >= 4 is 0 Å². The van der Waals surface area contributed by atoms with Crippen LogP contribution >= 0.6 is 0 Å². The summed E-state index contributed by atoms with van der Waals surface area (Å²) in [6.07, 6.45) is 1.12. The van der Waals surface area contributed by atoms with Crippen LogP contribution in [0.25, 0.3) is 0 Å². The lowest BCUT2D eigenvalue weighted by Gasteiger charge is -2.28. The van der Waals surface area contributed by atoms with Crippen LogP contribution in [0.2, 0.25) is 0 Å². The van der Waals surface area contributed by atoms with E-state index in [1.807, 2.05) is 0 Å². The van der Waals surface area contributed by atoms with Gasteiger partial charge < -0.3 is 5.73 Å². The molecule has 0 spiro atoms. The third kappa shape index (κ3) is 1.36. The molecule has 4 heteroatoms. The summed E-state index contributed by atoms with van der Waals surface area (Å²) in [5.41, 5.74) is 2.37. The highest BCUT2D eigenvalue weighted by Crippen LogP contribution is 2.49. The molecule has 0 saturated heterocycles. The van der Waals surface area contributed by atoms with Crippen molar-refractivity contribution in [2.24, 2.45) is 11.7 Å². The van der Waals surface area contributed by atoms with E-state index in [4.69, 9.17) is 5.73 Å². The molecule has 1 aliphatic rings. The fraction of sp³-hybridized carbons (Fsp3) is 1.00. The minimum atomic E-state index is -3.37. The Kier molecular flexibility index (Phi) is 1.90. The van der Waals surface area contributed by atoms with E-state index in [0.717, 1.165) is 6.92 Å². The first-order valence-corrected chi connectivity index (χ1v) is 3.68. The van der Waals surface area contributed by atoms with Gasteiger partial charge in [0.15, 0.2) is 5.67 Å². The van der Waals surface area contributed by atoms with E-state index in [1.165, 1.54) is 0 Å². The van der Waals surface area contributed by atoms with Crippen LogP contribution in [0.4, 0.5) is 13.2 Å². The first kappa shape index (κ1) is 8.84. The molecule has 0 amide bonds. The molecular formula is C7H12F3N. The average molecular weight is 167 g/mol. The van der Waals surface area contributed by atoms with E-state index in [1.54, 1.807) is 0 Å². The second-order valence-corrected chi connectivity index (χ2v) is 3.26. The van der Waals surface area contributed by atoms with Gasteiger partial charge in [0, 0.05) is 0 Å². The summed E-state index contributed by atoms with van der Waals surface area (Å²) in [6.45, 7) is 0.0357. The van der Waals surface area contributed by atoms with Crippen LogP contribution in [0.3, 0.4) is 0 Å². The summed E-state index contributed by atoms with van der Waals surface area (Å²) in [7, 11) is 0. The van der Waals surface area contributed by atoms with Crippen molar-refractivity contribution in [2.45, 2.75) is 31.4 Å². The van der Waals surface area contributed by atoms with Crippen LogP contribution in [-0.2, 0) is 0 Å². The third-order valence-corrected chi connectivity index (χ3v) is 2.32. The van der Waals surface area contributed by atoms with Crippen molar-refractivity contribution in [1.29, 1.82) is 0 Å². The third-order valence-electron chi connectivity index (χ3n) is 2.32. The summed E-state index contributed by atoms with van der Waals surface area (Å²) in [6, 6.07) is 0. The number of halogens is 3. The Bertz CT molecular complexity index is 152. The van der Waals surface area contributed by atoms with Crippen molar-refractivity contribution in [3.05, 3.63) is 0 Å². The van der Waals surface area contributed by atoms with E-state index in [-0.39, 0.29) is 0 Å². The Hall–Kier alpha value is -0.250. The minimum absolute atomic E-state index is 0.485. The normalized spacial score (nSPS) is 24.8. The van der Waals surface area contributed by atoms with Gasteiger partial charge >= 0.3 is 0 Å². The van der Waals surface area contributed by atoms with Gasteiger partial charge in [-0.1, -0.05) is 0 Å². The summed E-state index contributed by atoms with van der Waals surface area (Å²) in [5, 5.41) is 0. The van der Waals surface area contributed by atoms with Gasteiger partial charge in [-0.25, -0.2) is 13.2 Å². The summed E-state index contributed by atoms with van der Waals surface area (Å²) in [5.74, 6) is -3.85. The monoisotopic (exact) mass is 167 g/mol. The number of hydrogen-bond acceptors (Lipinski definition) is 1.